The van der Waals surface area contributed by atoms with Crippen molar-refractivity contribution in [3.8, 4) is 5.75 Å². The highest BCUT2D eigenvalue weighted by atomic mass is 16.5. The second-order valence-electron chi connectivity index (χ2n) is 4.24. The number of rotatable bonds is 5. The lowest BCUT2D eigenvalue weighted by atomic mass is 10.1. The summed E-state index contributed by atoms with van der Waals surface area (Å²) in [5.41, 5.74) is 1.90. The molecule has 1 aromatic heterocycles. The number of aliphatic hydroxyl groups excluding tert-OH is 1. The molecule has 0 aliphatic carbocycles. The minimum absolute atomic E-state index is 0.476. The molecule has 1 aromatic carbocycles. The first kappa shape index (κ1) is 12.6. The second kappa shape index (κ2) is 5.69. The predicted octanol–water partition coefficient (Wildman–Crippen LogP) is 2.54. The van der Waals surface area contributed by atoms with E-state index in [9.17, 15) is 5.11 Å². The molecule has 2 rings (SSSR count). The third kappa shape index (κ3) is 3.11. The van der Waals surface area contributed by atoms with Gasteiger partial charge < -0.3 is 9.84 Å². The number of hydrogen-bond donors (Lipinski definition) is 1. The molecule has 0 aliphatic heterocycles. The number of nitrogens with zero attached hydrogens (tertiary/aromatic N) is 2. The van der Waals surface area contributed by atoms with Gasteiger partial charge in [-0.1, -0.05) is 12.1 Å². The van der Waals surface area contributed by atoms with E-state index in [1.807, 2.05) is 48.3 Å². The Morgan fingerprint density at radius 3 is 2.94 bits per heavy atom. The maximum absolute atomic E-state index is 9.50. The molecule has 0 radical (unpaired) electrons. The van der Waals surface area contributed by atoms with Gasteiger partial charge >= 0.3 is 0 Å². The fourth-order valence-corrected chi connectivity index (χ4v) is 1.68. The third-order valence-electron chi connectivity index (χ3n) is 2.76. The quantitative estimate of drug-likeness (QED) is 0.882. The molecule has 0 fully saturated rings. The number of aliphatic hydroxyl groups is 1. The van der Waals surface area contributed by atoms with Crippen LogP contribution in [0.1, 0.15) is 31.1 Å². The van der Waals surface area contributed by atoms with Crippen molar-refractivity contribution in [2.75, 3.05) is 0 Å². The SMILES string of the molecule is CCn1cc(COc2cccc([C@H](C)O)c2)cn1. The van der Waals surface area contributed by atoms with E-state index in [0.717, 1.165) is 23.4 Å². The summed E-state index contributed by atoms with van der Waals surface area (Å²) in [6.45, 7) is 5.13. The van der Waals surface area contributed by atoms with Gasteiger partial charge in [0.15, 0.2) is 0 Å². The average molecular weight is 246 g/mol. The van der Waals surface area contributed by atoms with Crippen LogP contribution >= 0.6 is 0 Å². The van der Waals surface area contributed by atoms with Gasteiger partial charge in [0.25, 0.3) is 0 Å². The van der Waals surface area contributed by atoms with Crippen molar-refractivity contribution in [2.45, 2.75) is 33.1 Å². The molecule has 4 heteroatoms. The molecule has 0 bridgehead atoms. The summed E-state index contributed by atoms with van der Waals surface area (Å²) in [7, 11) is 0. The third-order valence-corrected chi connectivity index (χ3v) is 2.76. The van der Waals surface area contributed by atoms with Gasteiger partial charge in [-0.05, 0) is 31.5 Å². The van der Waals surface area contributed by atoms with Crippen molar-refractivity contribution >= 4 is 0 Å². The fourth-order valence-electron chi connectivity index (χ4n) is 1.68. The summed E-state index contributed by atoms with van der Waals surface area (Å²) >= 11 is 0. The number of benzene rings is 1. The van der Waals surface area contributed by atoms with Crippen LogP contribution < -0.4 is 4.74 Å². The Morgan fingerprint density at radius 2 is 2.28 bits per heavy atom. The van der Waals surface area contributed by atoms with Crippen molar-refractivity contribution in [1.29, 1.82) is 0 Å². The van der Waals surface area contributed by atoms with Gasteiger partial charge in [-0.25, -0.2) is 0 Å². The lowest BCUT2D eigenvalue weighted by Crippen LogP contribution is -1.97. The lowest BCUT2D eigenvalue weighted by molar-refractivity contribution is 0.198. The average Bonchev–Trinajstić information content (AvgIpc) is 2.84. The minimum Gasteiger partial charge on any atom is -0.489 e. The molecule has 4 nitrogen and oxygen atoms in total. The second-order valence-corrected chi connectivity index (χ2v) is 4.24. The summed E-state index contributed by atoms with van der Waals surface area (Å²) in [6, 6.07) is 7.50. The standard InChI is InChI=1S/C14H18N2O2/c1-3-16-9-12(8-15-16)10-18-14-6-4-5-13(7-14)11(2)17/h4-9,11,17H,3,10H2,1-2H3/t11-/m0/s1. The van der Waals surface area contributed by atoms with E-state index in [-0.39, 0.29) is 0 Å². The van der Waals surface area contributed by atoms with Crippen LogP contribution in [-0.4, -0.2) is 14.9 Å². The first-order valence-corrected chi connectivity index (χ1v) is 6.11. The Bertz CT molecular complexity index is 506. The molecule has 0 saturated heterocycles. The van der Waals surface area contributed by atoms with Crippen LogP contribution in [0.25, 0.3) is 0 Å². The number of hydrogen-bond acceptors (Lipinski definition) is 3. The maximum Gasteiger partial charge on any atom is 0.120 e. The van der Waals surface area contributed by atoms with Crippen molar-refractivity contribution in [2.24, 2.45) is 0 Å². The zero-order valence-electron chi connectivity index (χ0n) is 10.7. The monoisotopic (exact) mass is 246 g/mol. The molecule has 0 amide bonds. The van der Waals surface area contributed by atoms with Crippen LogP contribution in [-0.2, 0) is 13.2 Å². The van der Waals surface area contributed by atoms with Crippen molar-refractivity contribution in [3.05, 3.63) is 47.8 Å². The van der Waals surface area contributed by atoms with Gasteiger partial charge in [0.05, 0.1) is 12.3 Å². The first-order valence-electron chi connectivity index (χ1n) is 6.11. The van der Waals surface area contributed by atoms with Crippen LogP contribution in [0, 0.1) is 0 Å². The van der Waals surface area contributed by atoms with E-state index in [1.54, 1.807) is 6.92 Å². The lowest BCUT2D eigenvalue weighted by Gasteiger charge is -2.08. The number of aryl methyl sites for hydroxylation is 1. The molecule has 96 valence electrons. The van der Waals surface area contributed by atoms with Crippen molar-refractivity contribution in [1.82, 2.24) is 9.78 Å². The van der Waals surface area contributed by atoms with Gasteiger partial charge in [0, 0.05) is 18.3 Å². The van der Waals surface area contributed by atoms with E-state index >= 15 is 0 Å². The molecule has 0 aliphatic rings. The van der Waals surface area contributed by atoms with Crippen LogP contribution in [0.3, 0.4) is 0 Å². The molecule has 1 N–H and O–H groups in total. The molecule has 2 aromatic rings. The van der Waals surface area contributed by atoms with Gasteiger partial charge in [0.2, 0.25) is 0 Å². The van der Waals surface area contributed by atoms with E-state index in [0.29, 0.717) is 6.61 Å². The van der Waals surface area contributed by atoms with Crippen LogP contribution in [0.15, 0.2) is 36.7 Å². The fraction of sp³-hybridized carbons (Fsp3) is 0.357. The Kier molecular flexibility index (Phi) is 3.99. The highest BCUT2D eigenvalue weighted by Gasteiger charge is 2.03. The summed E-state index contributed by atoms with van der Waals surface area (Å²) in [5.74, 6) is 0.762. The first-order chi connectivity index (χ1) is 8.69. The van der Waals surface area contributed by atoms with E-state index in [1.165, 1.54) is 0 Å². The van der Waals surface area contributed by atoms with Crippen LogP contribution in [0.2, 0.25) is 0 Å². The van der Waals surface area contributed by atoms with E-state index in [4.69, 9.17) is 4.74 Å². The molecular formula is C14H18N2O2. The zero-order valence-corrected chi connectivity index (χ0v) is 10.7. The van der Waals surface area contributed by atoms with Crippen LogP contribution in [0.5, 0.6) is 5.75 Å². The highest BCUT2D eigenvalue weighted by molar-refractivity contribution is 5.29. The normalized spacial score (nSPS) is 12.4. The molecular weight excluding hydrogens is 228 g/mol. The molecule has 18 heavy (non-hydrogen) atoms. The smallest absolute Gasteiger partial charge is 0.120 e. The van der Waals surface area contributed by atoms with Crippen molar-refractivity contribution in [3.63, 3.8) is 0 Å². The number of ether oxygens (including phenoxy) is 1. The number of aromatic nitrogens is 2. The van der Waals surface area contributed by atoms with Gasteiger partial charge in [-0.15, -0.1) is 0 Å². The molecule has 0 spiro atoms. The van der Waals surface area contributed by atoms with Crippen LogP contribution in [0.4, 0.5) is 0 Å². The molecule has 0 unspecified atom stereocenters. The Labute approximate surface area is 107 Å². The van der Waals surface area contributed by atoms with E-state index in [2.05, 4.69) is 5.10 Å². The van der Waals surface area contributed by atoms with Gasteiger partial charge in [0.1, 0.15) is 12.4 Å². The minimum atomic E-state index is -0.476. The Balaban J connectivity index is 1.99. The topological polar surface area (TPSA) is 47.3 Å². The largest absolute Gasteiger partial charge is 0.489 e. The summed E-state index contributed by atoms with van der Waals surface area (Å²) in [5, 5.41) is 13.7. The zero-order chi connectivity index (χ0) is 13.0. The summed E-state index contributed by atoms with van der Waals surface area (Å²) in [4.78, 5) is 0. The Hall–Kier alpha value is -1.81. The Morgan fingerprint density at radius 1 is 1.44 bits per heavy atom. The summed E-state index contributed by atoms with van der Waals surface area (Å²) in [6.07, 6.45) is 3.30. The van der Waals surface area contributed by atoms with Gasteiger partial charge in [-0.3, -0.25) is 4.68 Å². The van der Waals surface area contributed by atoms with E-state index < -0.39 is 6.10 Å². The summed E-state index contributed by atoms with van der Waals surface area (Å²) < 4.78 is 7.54. The van der Waals surface area contributed by atoms with Gasteiger partial charge in [-0.2, -0.15) is 5.10 Å². The predicted molar refractivity (Wildman–Crippen MR) is 69.3 cm³/mol. The molecule has 1 heterocycles. The molecule has 1 atom stereocenters. The maximum atomic E-state index is 9.50. The molecule has 0 saturated carbocycles. The highest BCUT2D eigenvalue weighted by Crippen LogP contribution is 2.19. The van der Waals surface area contributed by atoms with Crippen molar-refractivity contribution < 1.29 is 9.84 Å².